The lowest BCUT2D eigenvalue weighted by Crippen LogP contribution is -2.16. The smallest absolute Gasteiger partial charge is 0.275 e. The summed E-state index contributed by atoms with van der Waals surface area (Å²) in [4.78, 5) is 24.6. The first-order chi connectivity index (χ1) is 14.0. The molecule has 29 heavy (non-hydrogen) atoms. The summed E-state index contributed by atoms with van der Waals surface area (Å²) in [5.74, 6) is -4.97. The van der Waals surface area contributed by atoms with Crippen molar-refractivity contribution in [2.24, 2.45) is 0 Å². The van der Waals surface area contributed by atoms with Crippen LogP contribution >= 0.6 is 0 Å². The number of hydrogen-bond donors (Lipinski definition) is 2. The van der Waals surface area contributed by atoms with E-state index < -0.39 is 29.0 Å². The van der Waals surface area contributed by atoms with Crippen LogP contribution in [0.2, 0.25) is 0 Å². The summed E-state index contributed by atoms with van der Waals surface area (Å²) in [5.41, 5.74) is 0.821. The third-order valence-electron chi connectivity index (χ3n) is 4.06. The maximum Gasteiger partial charge on any atom is 0.275 e. The van der Waals surface area contributed by atoms with Gasteiger partial charge < -0.3 is 10.6 Å². The fraction of sp³-hybridized carbons (Fsp3) is 0. The fourth-order valence-electron chi connectivity index (χ4n) is 2.66. The van der Waals surface area contributed by atoms with Crippen molar-refractivity contribution in [1.82, 2.24) is 15.0 Å². The van der Waals surface area contributed by atoms with E-state index in [-0.39, 0.29) is 5.69 Å². The maximum atomic E-state index is 13.7. The van der Waals surface area contributed by atoms with Gasteiger partial charge in [0.15, 0.2) is 17.5 Å². The fourth-order valence-corrected chi connectivity index (χ4v) is 2.66. The molecule has 9 heteroatoms. The Balaban J connectivity index is 1.52. The molecule has 0 aliphatic heterocycles. The number of halogens is 3. The largest absolute Gasteiger partial charge is 0.337 e. The number of fused-ring (bicyclic) bond motifs is 1. The van der Waals surface area contributed by atoms with Gasteiger partial charge in [0.05, 0.1) is 29.3 Å². The summed E-state index contributed by atoms with van der Waals surface area (Å²) in [6.07, 6.45) is 4.16. The third kappa shape index (κ3) is 3.70. The average Bonchev–Trinajstić information content (AvgIpc) is 2.75. The number of carbonyl (C=O) groups is 1. The Bertz CT molecular complexity index is 1210. The monoisotopic (exact) mass is 395 g/mol. The first kappa shape index (κ1) is 18.4. The molecule has 0 bridgehead atoms. The van der Waals surface area contributed by atoms with Crippen LogP contribution in [0.1, 0.15) is 10.5 Å². The van der Waals surface area contributed by atoms with Crippen LogP contribution in [0.3, 0.4) is 0 Å². The van der Waals surface area contributed by atoms with Gasteiger partial charge in [0.2, 0.25) is 0 Å². The highest BCUT2D eigenvalue weighted by Crippen LogP contribution is 2.24. The Morgan fingerprint density at radius 3 is 2.45 bits per heavy atom. The number of benzene rings is 2. The molecule has 0 spiro atoms. The van der Waals surface area contributed by atoms with Crippen LogP contribution in [0.25, 0.3) is 10.9 Å². The van der Waals surface area contributed by atoms with E-state index in [2.05, 4.69) is 25.6 Å². The SMILES string of the molecule is O=C(Nc1ccc(F)c(F)c1F)c1cnc(Nc2cccc3cccnc23)cn1. The van der Waals surface area contributed by atoms with Crippen molar-refractivity contribution < 1.29 is 18.0 Å². The van der Waals surface area contributed by atoms with Gasteiger partial charge >= 0.3 is 0 Å². The van der Waals surface area contributed by atoms with E-state index in [1.165, 1.54) is 12.4 Å². The first-order valence-electron chi connectivity index (χ1n) is 8.40. The number of hydrogen-bond acceptors (Lipinski definition) is 5. The highest BCUT2D eigenvalue weighted by atomic mass is 19.2. The van der Waals surface area contributed by atoms with Crippen molar-refractivity contribution in [2.75, 3.05) is 10.6 Å². The second kappa shape index (κ2) is 7.55. The van der Waals surface area contributed by atoms with E-state index >= 15 is 0 Å². The number of anilines is 3. The van der Waals surface area contributed by atoms with Crippen LogP contribution in [0.4, 0.5) is 30.4 Å². The van der Waals surface area contributed by atoms with Gasteiger partial charge in [-0.05, 0) is 24.3 Å². The van der Waals surface area contributed by atoms with Gasteiger partial charge in [-0.3, -0.25) is 9.78 Å². The first-order valence-corrected chi connectivity index (χ1v) is 8.40. The normalized spacial score (nSPS) is 10.7. The zero-order valence-corrected chi connectivity index (χ0v) is 14.7. The Hall–Kier alpha value is -4.01. The number of nitrogens with one attached hydrogen (secondary N) is 2. The van der Waals surface area contributed by atoms with E-state index in [1.54, 1.807) is 6.20 Å². The third-order valence-corrected chi connectivity index (χ3v) is 4.06. The minimum atomic E-state index is -1.67. The molecule has 0 aliphatic rings. The van der Waals surface area contributed by atoms with Crippen LogP contribution < -0.4 is 10.6 Å². The zero-order chi connectivity index (χ0) is 20.4. The van der Waals surface area contributed by atoms with Gasteiger partial charge in [-0.25, -0.2) is 23.1 Å². The summed E-state index contributed by atoms with van der Waals surface area (Å²) in [7, 11) is 0. The van der Waals surface area contributed by atoms with Crippen molar-refractivity contribution in [3.63, 3.8) is 0 Å². The molecule has 1 amide bonds. The van der Waals surface area contributed by atoms with Gasteiger partial charge in [-0.1, -0.05) is 18.2 Å². The van der Waals surface area contributed by atoms with Gasteiger partial charge in [0.25, 0.3) is 5.91 Å². The highest BCUT2D eigenvalue weighted by Gasteiger charge is 2.17. The molecule has 0 atom stereocenters. The molecule has 2 aromatic carbocycles. The predicted molar refractivity (Wildman–Crippen MR) is 101 cm³/mol. The Labute approximate surface area is 162 Å². The summed E-state index contributed by atoms with van der Waals surface area (Å²) in [6.45, 7) is 0. The zero-order valence-electron chi connectivity index (χ0n) is 14.7. The van der Waals surface area contributed by atoms with Crippen LogP contribution in [-0.4, -0.2) is 20.9 Å². The molecule has 2 aromatic heterocycles. The van der Waals surface area contributed by atoms with Crippen molar-refractivity contribution in [3.8, 4) is 0 Å². The van der Waals surface area contributed by atoms with Crippen LogP contribution in [0.15, 0.2) is 61.1 Å². The molecule has 144 valence electrons. The summed E-state index contributed by atoms with van der Waals surface area (Å²) >= 11 is 0. The molecule has 4 aromatic rings. The van der Waals surface area contributed by atoms with Crippen molar-refractivity contribution in [2.45, 2.75) is 0 Å². The summed E-state index contributed by atoms with van der Waals surface area (Å²) in [6, 6.07) is 11.0. The van der Waals surface area contributed by atoms with Crippen molar-refractivity contribution in [1.29, 1.82) is 0 Å². The number of aromatic nitrogens is 3. The molecule has 0 fully saturated rings. The second-order valence-electron chi connectivity index (χ2n) is 5.97. The summed E-state index contributed by atoms with van der Waals surface area (Å²) < 4.78 is 39.9. The highest BCUT2D eigenvalue weighted by molar-refractivity contribution is 6.02. The Morgan fingerprint density at radius 2 is 1.66 bits per heavy atom. The molecule has 0 radical (unpaired) electrons. The lowest BCUT2D eigenvalue weighted by atomic mass is 10.2. The molecule has 0 aliphatic carbocycles. The van der Waals surface area contributed by atoms with Gasteiger partial charge in [0.1, 0.15) is 11.5 Å². The number of nitrogens with zero attached hydrogens (tertiary/aromatic N) is 3. The molecule has 0 saturated heterocycles. The van der Waals surface area contributed by atoms with E-state index in [1.807, 2.05) is 30.3 Å². The molecule has 0 saturated carbocycles. The number of rotatable bonds is 4. The number of amides is 1. The maximum absolute atomic E-state index is 13.7. The number of para-hydroxylation sites is 1. The van der Waals surface area contributed by atoms with Gasteiger partial charge in [0, 0.05) is 11.6 Å². The molecule has 2 N–H and O–H groups in total. The lowest BCUT2D eigenvalue weighted by Gasteiger charge is -2.09. The van der Waals surface area contributed by atoms with Crippen LogP contribution in [-0.2, 0) is 0 Å². The quantitative estimate of drug-likeness (QED) is 0.500. The lowest BCUT2D eigenvalue weighted by molar-refractivity contribution is 0.102. The van der Waals surface area contributed by atoms with E-state index in [4.69, 9.17) is 0 Å². The topological polar surface area (TPSA) is 79.8 Å². The second-order valence-corrected chi connectivity index (χ2v) is 5.97. The van der Waals surface area contributed by atoms with Crippen LogP contribution in [0.5, 0.6) is 0 Å². The van der Waals surface area contributed by atoms with Crippen molar-refractivity contribution in [3.05, 3.63) is 84.2 Å². The van der Waals surface area contributed by atoms with Crippen LogP contribution in [0, 0.1) is 17.5 Å². The standard InChI is InChI=1S/C20H12F3N5O/c21-12-6-7-13(18(23)17(12)22)28-20(29)15-9-26-16(10-25-15)27-14-5-1-3-11-4-2-8-24-19(11)14/h1-10H,(H,26,27)(H,28,29). The molecule has 2 heterocycles. The minimum Gasteiger partial charge on any atom is -0.337 e. The van der Waals surface area contributed by atoms with Gasteiger partial charge in [-0.15, -0.1) is 0 Å². The molecule has 6 nitrogen and oxygen atoms in total. The molecule has 4 rings (SSSR count). The van der Waals surface area contributed by atoms with Gasteiger partial charge in [-0.2, -0.15) is 0 Å². The van der Waals surface area contributed by atoms with E-state index in [0.717, 1.165) is 17.0 Å². The Morgan fingerprint density at radius 1 is 0.828 bits per heavy atom. The van der Waals surface area contributed by atoms with E-state index in [9.17, 15) is 18.0 Å². The molecular formula is C20H12F3N5O. The predicted octanol–water partition coefficient (Wildman–Crippen LogP) is 4.44. The molecular weight excluding hydrogens is 383 g/mol. The average molecular weight is 395 g/mol. The van der Waals surface area contributed by atoms with Crippen molar-refractivity contribution >= 4 is 34.0 Å². The Kier molecular flexibility index (Phi) is 4.78. The summed E-state index contributed by atoms with van der Waals surface area (Å²) in [5, 5.41) is 6.14. The van der Waals surface area contributed by atoms with E-state index in [0.29, 0.717) is 17.6 Å². The number of pyridine rings is 1. The minimum absolute atomic E-state index is 0.129. The molecule has 0 unspecified atom stereocenters. The number of carbonyl (C=O) groups excluding carboxylic acids is 1.